The maximum Gasteiger partial charge on any atom is 0.407 e. The van der Waals surface area contributed by atoms with Gasteiger partial charge in [0.05, 0.1) is 0 Å². The van der Waals surface area contributed by atoms with Gasteiger partial charge in [0.15, 0.2) is 5.96 Å². The summed E-state index contributed by atoms with van der Waals surface area (Å²) >= 11 is 0. The number of rotatable bonds is 12. The quantitative estimate of drug-likeness (QED) is 0.130. The lowest BCUT2D eigenvalue weighted by atomic mass is 9.87. The molecule has 0 aromatic carbocycles. The summed E-state index contributed by atoms with van der Waals surface area (Å²) in [5.74, 6) is -1.11. The van der Waals surface area contributed by atoms with Crippen molar-refractivity contribution in [3.05, 3.63) is 0 Å². The van der Waals surface area contributed by atoms with Crippen molar-refractivity contribution in [2.45, 2.75) is 65.5 Å². The van der Waals surface area contributed by atoms with Crippen molar-refractivity contribution in [2.24, 2.45) is 22.6 Å². The molecule has 2 atom stereocenters. The minimum absolute atomic E-state index is 0.0248. The summed E-state index contributed by atoms with van der Waals surface area (Å²) in [6, 6.07) is -0.796. The van der Waals surface area contributed by atoms with E-state index in [2.05, 4.69) is 10.6 Å². The minimum Gasteiger partial charge on any atom is -0.480 e. The molecule has 12 nitrogen and oxygen atoms in total. The van der Waals surface area contributed by atoms with E-state index < -0.39 is 29.6 Å². The highest BCUT2D eigenvalue weighted by atomic mass is 16.6. The maximum atomic E-state index is 11.4. The van der Waals surface area contributed by atoms with Gasteiger partial charge < -0.3 is 42.4 Å². The van der Waals surface area contributed by atoms with Gasteiger partial charge in [0.1, 0.15) is 19.3 Å². The number of ether oxygens (including phenoxy) is 2. The predicted octanol–water partition coefficient (Wildman–Crippen LogP) is 0.684. The van der Waals surface area contributed by atoms with E-state index in [1.807, 2.05) is 27.7 Å². The Labute approximate surface area is 177 Å². The van der Waals surface area contributed by atoms with Crippen LogP contribution in [0, 0.1) is 10.8 Å². The third-order valence-corrected chi connectivity index (χ3v) is 3.70. The van der Waals surface area contributed by atoms with Gasteiger partial charge in [-0.2, -0.15) is 0 Å². The van der Waals surface area contributed by atoms with E-state index in [-0.39, 0.29) is 25.2 Å². The summed E-state index contributed by atoms with van der Waals surface area (Å²) in [6.45, 7) is 8.41. The lowest BCUT2D eigenvalue weighted by Gasteiger charge is -2.27. The van der Waals surface area contributed by atoms with E-state index in [0.717, 1.165) is 12.8 Å². The summed E-state index contributed by atoms with van der Waals surface area (Å²) in [5.41, 5.74) is 14.7. The molecule has 0 rings (SSSR count). The fourth-order valence-corrected chi connectivity index (χ4v) is 2.22. The first-order valence-corrected chi connectivity index (χ1v) is 9.74. The molecule has 30 heavy (non-hydrogen) atoms. The minimum atomic E-state index is -1.00. The predicted molar refractivity (Wildman–Crippen MR) is 113 cm³/mol. The number of amides is 2. The zero-order valence-corrected chi connectivity index (χ0v) is 18.3. The van der Waals surface area contributed by atoms with Crippen LogP contribution < -0.4 is 27.8 Å². The third-order valence-electron chi connectivity index (χ3n) is 3.70. The van der Waals surface area contributed by atoms with Crippen LogP contribution in [0.3, 0.4) is 0 Å². The molecule has 2 unspecified atom stereocenters. The summed E-state index contributed by atoms with van der Waals surface area (Å²) in [7, 11) is 0. The van der Waals surface area contributed by atoms with Crippen LogP contribution in [0.4, 0.5) is 9.59 Å². The molecule has 0 fully saturated rings. The van der Waals surface area contributed by atoms with Gasteiger partial charge in [0.25, 0.3) is 0 Å². The maximum absolute atomic E-state index is 11.4. The van der Waals surface area contributed by atoms with Crippen LogP contribution in [0.15, 0.2) is 0 Å². The molecular weight excluding hydrogens is 396 g/mol. The molecule has 0 saturated heterocycles. The van der Waals surface area contributed by atoms with Crippen LogP contribution in [0.2, 0.25) is 0 Å². The van der Waals surface area contributed by atoms with Crippen LogP contribution in [0.5, 0.6) is 0 Å². The summed E-state index contributed by atoms with van der Waals surface area (Å²) in [6.07, 6.45) is 1.36. The van der Waals surface area contributed by atoms with Crippen molar-refractivity contribution in [3.8, 4) is 0 Å². The van der Waals surface area contributed by atoms with Crippen molar-refractivity contribution < 1.29 is 29.0 Å². The number of primary amides is 1. The Balaban J connectivity index is 0. The standard InChI is InChI=1S/C12H24N2O4.C6H14N4O2/c1-5-6-12(4,7-17-10(13)15)8-18-11(16)14-9(2)3;7-4(5(11)12)2-1-3-10-6(8)9/h9H,5-8H2,1-4H3,(H2,13,15)(H,14,16);4H,1-3,7H2,(H,11,12)(H4,8,9,10). The second-order valence-electron chi connectivity index (χ2n) is 7.47. The highest BCUT2D eigenvalue weighted by molar-refractivity contribution is 5.74. The zero-order valence-electron chi connectivity index (χ0n) is 18.3. The second kappa shape index (κ2) is 16.1. The van der Waals surface area contributed by atoms with Gasteiger partial charge in [0.2, 0.25) is 0 Å². The number of aliphatic carboxylic acids is 1. The normalized spacial score (nSPS) is 13.1. The summed E-state index contributed by atoms with van der Waals surface area (Å²) < 4.78 is 9.92. The van der Waals surface area contributed by atoms with Gasteiger partial charge in [-0.1, -0.05) is 20.3 Å². The van der Waals surface area contributed by atoms with Crippen molar-refractivity contribution in [2.75, 3.05) is 19.8 Å². The Morgan fingerprint density at radius 2 is 1.73 bits per heavy atom. The third kappa shape index (κ3) is 18.6. The molecule has 0 aromatic rings. The Hall–Kier alpha value is -2.76. The number of carboxylic acid groups (broad SMARTS) is 1. The van der Waals surface area contributed by atoms with Gasteiger partial charge >= 0.3 is 18.2 Å². The molecule has 10 N–H and O–H groups in total. The second-order valence-corrected chi connectivity index (χ2v) is 7.47. The molecule has 0 spiro atoms. The lowest BCUT2D eigenvalue weighted by molar-refractivity contribution is -0.138. The number of carbonyl (C=O) groups excluding carboxylic acids is 2. The number of carboxylic acids is 1. The van der Waals surface area contributed by atoms with Gasteiger partial charge in [-0.25, -0.2) is 9.59 Å². The topological polar surface area (TPSA) is 216 Å². The highest BCUT2D eigenvalue weighted by Gasteiger charge is 2.27. The molecule has 0 aliphatic heterocycles. The molecular formula is C18H38N6O6. The van der Waals surface area contributed by atoms with Gasteiger partial charge in [-0.3, -0.25) is 10.2 Å². The average molecular weight is 435 g/mol. The van der Waals surface area contributed by atoms with Crippen molar-refractivity contribution in [1.82, 2.24) is 10.6 Å². The van der Waals surface area contributed by atoms with E-state index in [4.69, 9.17) is 37.2 Å². The molecule has 12 heteroatoms. The van der Waals surface area contributed by atoms with Gasteiger partial charge in [-0.15, -0.1) is 0 Å². The fourth-order valence-electron chi connectivity index (χ4n) is 2.22. The Morgan fingerprint density at radius 3 is 2.17 bits per heavy atom. The highest BCUT2D eigenvalue weighted by Crippen LogP contribution is 2.24. The number of guanidine groups is 1. The monoisotopic (exact) mass is 434 g/mol. The zero-order chi connectivity index (χ0) is 23.7. The molecule has 0 saturated carbocycles. The molecule has 0 aromatic heterocycles. The van der Waals surface area contributed by atoms with Crippen LogP contribution in [0.25, 0.3) is 0 Å². The van der Waals surface area contributed by atoms with Gasteiger partial charge in [-0.05, 0) is 33.1 Å². The molecule has 0 radical (unpaired) electrons. The summed E-state index contributed by atoms with van der Waals surface area (Å²) in [5, 5.41) is 20.3. The smallest absolute Gasteiger partial charge is 0.407 e. The first-order chi connectivity index (χ1) is 13.8. The van der Waals surface area contributed by atoms with Crippen molar-refractivity contribution in [3.63, 3.8) is 0 Å². The summed E-state index contributed by atoms with van der Waals surface area (Å²) in [4.78, 5) is 32.2. The van der Waals surface area contributed by atoms with Crippen LogP contribution in [0.1, 0.15) is 53.4 Å². The first-order valence-electron chi connectivity index (χ1n) is 9.74. The van der Waals surface area contributed by atoms with Gasteiger partial charge in [0, 0.05) is 18.0 Å². The van der Waals surface area contributed by atoms with Crippen LogP contribution in [-0.4, -0.2) is 61.1 Å². The number of nitrogens with one attached hydrogen (secondary N) is 3. The molecule has 0 bridgehead atoms. The van der Waals surface area contributed by atoms with Crippen LogP contribution >= 0.6 is 0 Å². The number of carbonyl (C=O) groups is 3. The molecule has 0 aliphatic carbocycles. The fraction of sp³-hybridized carbons (Fsp3) is 0.778. The molecule has 0 heterocycles. The number of nitrogens with two attached hydrogens (primary N) is 3. The largest absolute Gasteiger partial charge is 0.480 e. The first kappa shape index (κ1) is 29.4. The van der Waals surface area contributed by atoms with E-state index in [0.29, 0.717) is 19.4 Å². The number of hydrogen-bond donors (Lipinski definition) is 7. The molecule has 0 aliphatic rings. The SMILES string of the molecule is CCCC(C)(COC(N)=O)COC(=O)NC(C)C.N=C(N)NCCCC(N)C(=O)O. The van der Waals surface area contributed by atoms with E-state index in [1.54, 1.807) is 0 Å². The molecule has 2 amide bonds. The van der Waals surface area contributed by atoms with E-state index in [9.17, 15) is 14.4 Å². The van der Waals surface area contributed by atoms with Crippen molar-refractivity contribution in [1.29, 1.82) is 5.41 Å². The Morgan fingerprint density at radius 1 is 1.17 bits per heavy atom. The average Bonchev–Trinajstić information content (AvgIpc) is 2.62. The Kier molecular flexibility index (Phi) is 15.8. The van der Waals surface area contributed by atoms with E-state index >= 15 is 0 Å². The van der Waals surface area contributed by atoms with Crippen molar-refractivity contribution >= 4 is 24.1 Å². The lowest BCUT2D eigenvalue weighted by Crippen LogP contribution is -2.37. The number of alkyl carbamates (subject to hydrolysis) is 1. The van der Waals surface area contributed by atoms with Crippen LogP contribution in [-0.2, 0) is 14.3 Å². The van der Waals surface area contributed by atoms with E-state index in [1.165, 1.54) is 0 Å². The molecule has 176 valence electrons. The number of hydrogen-bond acceptors (Lipinski definition) is 7. The Bertz CT molecular complexity index is 545.